The Hall–Kier alpha value is -3.73. The minimum atomic E-state index is -4.73. The van der Waals surface area contributed by atoms with Crippen LogP contribution in [0.2, 0.25) is 0 Å². The first-order valence-corrected chi connectivity index (χ1v) is 11.3. The van der Waals surface area contributed by atoms with Gasteiger partial charge in [-0.2, -0.15) is 13.2 Å². The number of halogens is 3. The third kappa shape index (κ3) is 5.25. The SMILES string of the molecule is CN(C)Cc1ccc([C@@H](NC(=O)c2ccc3c(c2)CN(C2CCC(=O)NC2=O)C3=O)C(F)(F)F)cc1. The molecular formula is C25H25F3N4O4. The van der Waals surface area contributed by atoms with Crippen molar-refractivity contribution in [1.29, 1.82) is 0 Å². The van der Waals surface area contributed by atoms with Crippen molar-refractivity contribution in [3.63, 3.8) is 0 Å². The number of nitrogens with one attached hydrogen (secondary N) is 2. The molecule has 0 saturated carbocycles. The molecule has 2 heterocycles. The van der Waals surface area contributed by atoms with Crippen LogP contribution in [0.25, 0.3) is 0 Å². The van der Waals surface area contributed by atoms with Crippen LogP contribution in [0.5, 0.6) is 0 Å². The van der Waals surface area contributed by atoms with Crippen LogP contribution in [0.15, 0.2) is 42.5 Å². The van der Waals surface area contributed by atoms with Crippen molar-refractivity contribution in [1.82, 2.24) is 20.4 Å². The van der Waals surface area contributed by atoms with Gasteiger partial charge in [-0.25, -0.2) is 0 Å². The van der Waals surface area contributed by atoms with E-state index in [0.717, 1.165) is 5.56 Å². The van der Waals surface area contributed by atoms with E-state index in [1.54, 1.807) is 12.1 Å². The van der Waals surface area contributed by atoms with E-state index in [2.05, 4.69) is 10.6 Å². The van der Waals surface area contributed by atoms with Gasteiger partial charge >= 0.3 is 6.18 Å². The van der Waals surface area contributed by atoms with Crippen LogP contribution < -0.4 is 10.6 Å². The van der Waals surface area contributed by atoms with Crippen LogP contribution in [0.1, 0.15) is 56.3 Å². The Balaban J connectivity index is 1.51. The van der Waals surface area contributed by atoms with Gasteiger partial charge in [-0.3, -0.25) is 24.5 Å². The standard InChI is InChI=1S/C25H25F3N4O4/c1-31(2)12-14-3-5-15(6-4-14)21(25(26,27)28)30-22(34)16-7-8-18-17(11-16)13-32(24(18)36)19-9-10-20(33)29-23(19)35/h3-8,11,19,21H,9-10,12-13H2,1-2H3,(H,30,34)(H,29,33,35)/t19?,21-/m1/s1. The molecule has 0 aliphatic carbocycles. The Bertz CT molecular complexity index is 1210. The molecule has 0 bridgehead atoms. The van der Waals surface area contributed by atoms with Gasteiger partial charge in [0.05, 0.1) is 0 Å². The van der Waals surface area contributed by atoms with Crippen molar-refractivity contribution in [2.75, 3.05) is 14.1 Å². The molecule has 2 aliphatic rings. The maximum atomic E-state index is 13.8. The van der Waals surface area contributed by atoms with Crippen molar-refractivity contribution in [3.05, 3.63) is 70.3 Å². The molecule has 1 saturated heterocycles. The minimum Gasteiger partial charge on any atom is -0.337 e. The molecule has 4 amide bonds. The Morgan fingerprint density at radius 3 is 2.44 bits per heavy atom. The lowest BCUT2D eigenvalue weighted by atomic mass is 10.0. The summed E-state index contributed by atoms with van der Waals surface area (Å²) in [7, 11) is 3.70. The number of imide groups is 1. The van der Waals surface area contributed by atoms with Crippen LogP contribution in [0.4, 0.5) is 13.2 Å². The second-order valence-corrected chi connectivity index (χ2v) is 9.20. The molecule has 2 atom stereocenters. The highest BCUT2D eigenvalue weighted by Gasteiger charge is 2.43. The van der Waals surface area contributed by atoms with Gasteiger partial charge < -0.3 is 15.1 Å². The first-order valence-electron chi connectivity index (χ1n) is 11.3. The molecular weight excluding hydrogens is 477 g/mol. The average Bonchev–Trinajstić information content (AvgIpc) is 3.12. The highest BCUT2D eigenvalue weighted by molar-refractivity contribution is 6.06. The number of carbonyl (C=O) groups is 4. The molecule has 2 aromatic rings. The van der Waals surface area contributed by atoms with Crippen LogP contribution in [-0.4, -0.2) is 59.7 Å². The first kappa shape index (κ1) is 25.4. The van der Waals surface area contributed by atoms with E-state index in [4.69, 9.17) is 0 Å². The summed E-state index contributed by atoms with van der Waals surface area (Å²) in [6, 6.07) is 6.84. The topological polar surface area (TPSA) is 98.8 Å². The molecule has 2 aromatic carbocycles. The summed E-state index contributed by atoms with van der Waals surface area (Å²) >= 11 is 0. The number of nitrogens with zero attached hydrogens (tertiary/aromatic N) is 2. The molecule has 190 valence electrons. The predicted molar refractivity (Wildman–Crippen MR) is 123 cm³/mol. The molecule has 4 rings (SSSR count). The van der Waals surface area contributed by atoms with E-state index < -0.39 is 41.9 Å². The lowest BCUT2D eigenvalue weighted by Crippen LogP contribution is -2.52. The van der Waals surface area contributed by atoms with Gasteiger partial charge in [0.25, 0.3) is 11.8 Å². The van der Waals surface area contributed by atoms with Crippen LogP contribution in [0, 0.1) is 0 Å². The van der Waals surface area contributed by atoms with Gasteiger partial charge in [0.1, 0.15) is 6.04 Å². The molecule has 11 heteroatoms. The molecule has 36 heavy (non-hydrogen) atoms. The predicted octanol–water partition coefficient (Wildman–Crippen LogP) is 2.54. The quantitative estimate of drug-likeness (QED) is 0.592. The summed E-state index contributed by atoms with van der Waals surface area (Å²) in [5, 5.41) is 4.27. The number of rotatable bonds is 6. The third-order valence-corrected chi connectivity index (χ3v) is 6.20. The van der Waals surface area contributed by atoms with Gasteiger partial charge in [0, 0.05) is 30.6 Å². The number of benzene rings is 2. The summed E-state index contributed by atoms with van der Waals surface area (Å²) in [5.41, 5.74) is 1.39. The lowest BCUT2D eigenvalue weighted by molar-refractivity contribution is -0.155. The third-order valence-electron chi connectivity index (χ3n) is 6.20. The summed E-state index contributed by atoms with van der Waals surface area (Å²) in [5.74, 6) is -2.36. The summed E-state index contributed by atoms with van der Waals surface area (Å²) in [6.07, 6.45) is -4.45. The van der Waals surface area contributed by atoms with E-state index in [1.807, 2.05) is 19.0 Å². The van der Waals surface area contributed by atoms with Crippen molar-refractivity contribution < 1.29 is 32.3 Å². The number of fused-ring (bicyclic) bond motifs is 1. The highest BCUT2D eigenvalue weighted by Crippen LogP contribution is 2.34. The molecule has 1 unspecified atom stereocenters. The molecule has 2 N–H and O–H groups in total. The Kier molecular flexibility index (Phi) is 6.85. The van der Waals surface area contributed by atoms with Gasteiger partial charge in [-0.1, -0.05) is 24.3 Å². The maximum Gasteiger partial charge on any atom is 0.412 e. The first-order chi connectivity index (χ1) is 16.9. The Morgan fingerprint density at radius 1 is 1.14 bits per heavy atom. The lowest BCUT2D eigenvalue weighted by Gasteiger charge is -2.29. The number of amides is 4. The number of hydrogen-bond donors (Lipinski definition) is 2. The number of alkyl halides is 3. The second kappa shape index (κ2) is 9.73. The Morgan fingerprint density at radius 2 is 1.83 bits per heavy atom. The number of carbonyl (C=O) groups excluding carboxylic acids is 4. The zero-order valence-corrected chi connectivity index (χ0v) is 19.7. The molecule has 2 aliphatic heterocycles. The van der Waals surface area contributed by atoms with E-state index in [-0.39, 0.29) is 36.1 Å². The van der Waals surface area contributed by atoms with E-state index >= 15 is 0 Å². The second-order valence-electron chi connectivity index (χ2n) is 9.20. The van der Waals surface area contributed by atoms with Gasteiger partial charge in [-0.15, -0.1) is 0 Å². The molecule has 1 fully saturated rings. The smallest absolute Gasteiger partial charge is 0.337 e. The number of hydrogen-bond acceptors (Lipinski definition) is 5. The summed E-state index contributed by atoms with van der Waals surface area (Å²) in [4.78, 5) is 52.4. The maximum absolute atomic E-state index is 13.8. The largest absolute Gasteiger partial charge is 0.412 e. The monoisotopic (exact) mass is 502 g/mol. The molecule has 0 radical (unpaired) electrons. The zero-order chi connectivity index (χ0) is 26.2. The van der Waals surface area contributed by atoms with Gasteiger partial charge in [-0.05, 0) is 55.4 Å². The molecule has 8 nitrogen and oxygen atoms in total. The van der Waals surface area contributed by atoms with E-state index in [9.17, 15) is 32.3 Å². The van der Waals surface area contributed by atoms with Crippen LogP contribution >= 0.6 is 0 Å². The van der Waals surface area contributed by atoms with Crippen molar-refractivity contribution in [2.24, 2.45) is 0 Å². The number of piperidine rings is 1. The normalized spacial score (nSPS) is 18.8. The van der Waals surface area contributed by atoms with E-state index in [1.165, 1.54) is 35.2 Å². The van der Waals surface area contributed by atoms with Crippen LogP contribution in [-0.2, 0) is 22.7 Å². The fourth-order valence-corrected chi connectivity index (χ4v) is 4.46. The zero-order valence-electron chi connectivity index (χ0n) is 19.7. The summed E-state index contributed by atoms with van der Waals surface area (Å²) in [6.45, 7) is 0.574. The highest BCUT2D eigenvalue weighted by atomic mass is 19.4. The van der Waals surface area contributed by atoms with Crippen molar-refractivity contribution >= 4 is 23.6 Å². The van der Waals surface area contributed by atoms with Gasteiger partial charge in [0.15, 0.2) is 6.04 Å². The fraction of sp³-hybridized carbons (Fsp3) is 0.360. The van der Waals surface area contributed by atoms with Crippen molar-refractivity contribution in [2.45, 2.75) is 44.2 Å². The van der Waals surface area contributed by atoms with Crippen LogP contribution in [0.3, 0.4) is 0 Å². The Labute approximate surface area is 205 Å². The van der Waals surface area contributed by atoms with Crippen molar-refractivity contribution in [3.8, 4) is 0 Å². The van der Waals surface area contributed by atoms with Gasteiger partial charge in [0.2, 0.25) is 11.8 Å². The fourth-order valence-electron chi connectivity index (χ4n) is 4.46. The van der Waals surface area contributed by atoms with E-state index in [0.29, 0.717) is 12.1 Å². The summed E-state index contributed by atoms with van der Waals surface area (Å²) < 4.78 is 41.5. The average molecular weight is 502 g/mol. The minimum absolute atomic E-state index is 0.0115. The molecule has 0 spiro atoms. The molecule has 0 aromatic heterocycles.